The lowest BCUT2D eigenvalue weighted by Crippen LogP contribution is -2.25. The average Bonchev–Trinajstić information content (AvgIpc) is 3.24. The topological polar surface area (TPSA) is 77.8 Å². The van der Waals surface area contributed by atoms with Gasteiger partial charge in [-0.1, -0.05) is 11.6 Å². The Morgan fingerprint density at radius 1 is 1.09 bits per heavy atom. The molecule has 1 atom stereocenters. The first-order valence-electron chi connectivity index (χ1n) is 10.1. The Hall–Kier alpha value is -3.58. The number of carbonyl (C=O) groups excluding carboxylic acids is 1. The van der Waals surface area contributed by atoms with Crippen LogP contribution in [-0.4, -0.2) is 34.5 Å². The van der Waals surface area contributed by atoms with E-state index >= 15 is 0 Å². The minimum Gasteiger partial charge on any atom is -0.497 e. The number of aromatic nitrogens is 3. The minimum absolute atomic E-state index is 0.0921. The summed E-state index contributed by atoms with van der Waals surface area (Å²) in [5.74, 6) is 0.900. The molecule has 3 aromatic heterocycles. The molecule has 1 amide bonds. The number of hydrogen-bond donors (Lipinski definition) is 1. The second kappa shape index (κ2) is 9.70. The number of amides is 1. The van der Waals surface area contributed by atoms with Crippen molar-refractivity contribution in [1.29, 1.82) is 0 Å². The molecule has 8 heteroatoms. The number of nitrogens with one attached hydrogen (secondary N) is 1. The summed E-state index contributed by atoms with van der Waals surface area (Å²) in [5.41, 5.74) is 3.45. The highest BCUT2D eigenvalue weighted by molar-refractivity contribution is 6.30. The summed E-state index contributed by atoms with van der Waals surface area (Å²) >= 11 is 6.24. The van der Waals surface area contributed by atoms with Crippen LogP contribution in [0.15, 0.2) is 67.3 Å². The summed E-state index contributed by atoms with van der Waals surface area (Å²) < 4.78 is 12.8. The van der Waals surface area contributed by atoms with E-state index in [9.17, 15) is 4.79 Å². The summed E-state index contributed by atoms with van der Waals surface area (Å²) in [5, 5.41) is 3.58. The van der Waals surface area contributed by atoms with Gasteiger partial charge >= 0.3 is 0 Å². The van der Waals surface area contributed by atoms with Crippen molar-refractivity contribution < 1.29 is 14.3 Å². The molecular formula is C24H23ClN4O3. The normalized spacial score (nSPS) is 11.8. The molecule has 0 saturated carbocycles. The van der Waals surface area contributed by atoms with Crippen LogP contribution < -0.4 is 14.8 Å². The maximum absolute atomic E-state index is 13.0. The Kier molecular flexibility index (Phi) is 6.56. The van der Waals surface area contributed by atoms with Crippen molar-refractivity contribution in [3.05, 3.63) is 89.1 Å². The van der Waals surface area contributed by atoms with Crippen LogP contribution in [0, 0.1) is 0 Å². The van der Waals surface area contributed by atoms with Crippen LogP contribution in [-0.2, 0) is 11.3 Å². The second-order valence-corrected chi connectivity index (χ2v) is 7.73. The van der Waals surface area contributed by atoms with Crippen molar-refractivity contribution in [3.8, 4) is 11.5 Å². The molecule has 1 aromatic carbocycles. The van der Waals surface area contributed by atoms with E-state index in [2.05, 4.69) is 15.3 Å². The van der Waals surface area contributed by atoms with E-state index in [0.717, 1.165) is 22.5 Å². The van der Waals surface area contributed by atoms with E-state index in [4.69, 9.17) is 21.1 Å². The Morgan fingerprint density at radius 2 is 1.81 bits per heavy atom. The molecule has 4 rings (SSSR count). The highest BCUT2D eigenvalue weighted by Crippen LogP contribution is 2.34. The maximum atomic E-state index is 13.0. The zero-order chi connectivity index (χ0) is 22.5. The van der Waals surface area contributed by atoms with Gasteiger partial charge in [0.05, 0.1) is 24.9 Å². The fourth-order valence-corrected chi connectivity index (χ4v) is 3.77. The first kappa shape index (κ1) is 21.6. The Labute approximate surface area is 191 Å². The van der Waals surface area contributed by atoms with E-state index in [1.807, 2.05) is 34.7 Å². The number of nitrogens with zero attached hydrogens (tertiary/aromatic N) is 3. The van der Waals surface area contributed by atoms with Crippen LogP contribution in [0.25, 0.3) is 5.65 Å². The Morgan fingerprint density at radius 3 is 2.50 bits per heavy atom. The van der Waals surface area contributed by atoms with Gasteiger partial charge in [-0.25, -0.2) is 4.98 Å². The summed E-state index contributed by atoms with van der Waals surface area (Å²) in [6.07, 6.45) is 7.20. The fourth-order valence-electron chi connectivity index (χ4n) is 3.61. The zero-order valence-corrected chi connectivity index (χ0v) is 18.5. The number of hydrogen-bond acceptors (Lipinski definition) is 5. The number of fused-ring (bicyclic) bond motifs is 1. The molecule has 164 valence electrons. The first-order chi connectivity index (χ1) is 15.6. The van der Waals surface area contributed by atoms with Crippen molar-refractivity contribution in [2.24, 2.45) is 0 Å². The van der Waals surface area contributed by atoms with Gasteiger partial charge in [0.1, 0.15) is 17.1 Å². The number of pyridine rings is 2. The highest BCUT2D eigenvalue weighted by atomic mass is 35.5. The SMILES string of the molecule is COc1cc(OC)cc(C(CC(=O)NCc2ccncc2)c2cnc3ccc(Cl)cn23)c1. The summed E-state index contributed by atoms with van der Waals surface area (Å²) in [7, 11) is 3.20. The van der Waals surface area contributed by atoms with E-state index < -0.39 is 0 Å². The lowest BCUT2D eigenvalue weighted by Gasteiger charge is -2.19. The van der Waals surface area contributed by atoms with Gasteiger partial charge in [0.15, 0.2) is 0 Å². The molecule has 0 aliphatic carbocycles. The summed E-state index contributed by atoms with van der Waals surface area (Å²) in [6.45, 7) is 0.425. The van der Waals surface area contributed by atoms with Gasteiger partial charge in [-0.05, 0) is 47.5 Å². The number of carbonyl (C=O) groups is 1. The minimum atomic E-state index is -0.301. The molecule has 32 heavy (non-hydrogen) atoms. The smallest absolute Gasteiger partial charge is 0.221 e. The van der Waals surface area contributed by atoms with E-state index in [0.29, 0.717) is 23.1 Å². The second-order valence-electron chi connectivity index (χ2n) is 7.29. The molecule has 1 N–H and O–H groups in total. The number of halogens is 1. The maximum Gasteiger partial charge on any atom is 0.221 e. The molecule has 4 aromatic rings. The lowest BCUT2D eigenvalue weighted by atomic mass is 9.91. The fraction of sp³-hybridized carbons (Fsp3) is 0.208. The van der Waals surface area contributed by atoms with Gasteiger partial charge in [-0.2, -0.15) is 0 Å². The van der Waals surface area contributed by atoms with Gasteiger partial charge in [-0.15, -0.1) is 0 Å². The van der Waals surface area contributed by atoms with Gasteiger partial charge in [0.2, 0.25) is 5.91 Å². The third kappa shape index (κ3) is 4.84. The van der Waals surface area contributed by atoms with E-state index in [-0.39, 0.29) is 18.2 Å². The number of rotatable bonds is 8. The number of imidazole rings is 1. The molecule has 0 radical (unpaired) electrons. The van der Waals surface area contributed by atoms with Crippen LogP contribution in [0.2, 0.25) is 5.02 Å². The molecule has 0 aliphatic heterocycles. The van der Waals surface area contributed by atoms with Crippen LogP contribution >= 0.6 is 11.6 Å². The van der Waals surface area contributed by atoms with Crippen LogP contribution in [0.3, 0.4) is 0 Å². The zero-order valence-electron chi connectivity index (χ0n) is 17.8. The van der Waals surface area contributed by atoms with Gasteiger partial charge < -0.3 is 19.2 Å². The van der Waals surface area contributed by atoms with Crippen molar-refractivity contribution in [1.82, 2.24) is 19.7 Å². The summed E-state index contributed by atoms with van der Waals surface area (Å²) in [6, 6.07) is 13.0. The Balaban J connectivity index is 1.69. The van der Waals surface area contributed by atoms with Crippen molar-refractivity contribution in [2.75, 3.05) is 14.2 Å². The molecular weight excluding hydrogens is 428 g/mol. The first-order valence-corrected chi connectivity index (χ1v) is 10.5. The number of methoxy groups -OCH3 is 2. The number of benzene rings is 1. The Bertz CT molecular complexity index is 1200. The van der Waals surface area contributed by atoms with E-state index in [1.165, 1.54) is 0 Å². The third-order valence-corrected chi connectivity index (χ3v) is 5.48. The molecule has 0 aliphatic rings. The molecule has 0 bridgehead atoms. The molecule has 3 heterocycles. The molecule has 0 spiro atoms. The van der Waals surface area contributed by atoms with Gasteiger partial charge in [-0.3, -0.25) is 9.78 Å². The molecule has 1 unspecified atom stereocenters. The quantitative estimate of drug-likeness (QED) is 0.434. The van der Waals surface area contributed by atoms with Gasteiger partial charge in [0.25, 0.3) is 0 Å². The van der Waals surface area contributed by atoms with Crippen molar-refractivity contribution >= 4 is 23.2 Å². The van der Waals surface area contributed by atoms with Crippen LogP contribution in [0.4, 0.5) is 0 Å². The average molecular weight is 451 g/mol. The van der Waals surface area contributed by atoms with E-state index in [1.54, 1.807) is 51.1 Å². The predicted molar refractivity (Wildman–Crippen MR) is 122 cm³/mol. The summed E-state index contributed by atoms with van der Waals surface area (Å²) in [4.78, 5) is 21.5. The highest BCUT2D eigenvalue weighted by Gasteiger charge is 2.23. The monoisotopic (exact) mass is 450 g/mol. The largest absolute Gasteiger partial charge is 0.497 e. The number of ether oxygens (including phenoxy) is 2. The van der Waals surface area contributed by atoms with Crippen LogP contribution in [0.5, 0.6) is 11.5 Å². The lowest BCUT2D eigenvalue weighted by molar-refractivity contribution is -0.121. The standard InChI is InChI=1S/C24H23ClN4O3/c1-31-19-9-17(10-20(11-19)32-2)21(12-24(30)28-13-16-5-7-26-8-6-16)22-14-27-23-4-3-18(25)15-29(22)23/h3-11,14-15,21H,12-13H2,1-2H3,(H,28,30). The molecule has 0 saturated heterocycles. The van der Waals surface area contributed by atoms with Crippen molar-refractivity contribution in [3.63, 3.8) is 0 Å². The predicted octanol–water partition coefficient (Wildman–Crippen LogP) is 4.24. The molecule has 0 fully saturated rings. The molecule has 7 nitrogen and oxygen atoms in total. The van der Waals surface area contributed by atoms with Crippen molar-refractivity contribution in [2.45, 2.75) is 18.9 Å². The third-order valence-electron chi connectivity index (χ3n) is 5.26. The van der Waals surface area contributed by atoms with Crippen LogP contribution in [0.1, 0.15) is 29.2 Å². The van der Waals surface area contributed by atoms with Gasteiger partial charge in [0, 0.05) is 49.7 Å².